The maximum absolute atomic E-state index is 12.4. The molecule has 0 unspecified atom stereocenters. The third-order valence-electron chi connectivity index (χ3n) is 2.91. The van der Waals surface area contributed by atoms with Crippen molar-refractivity contribution >= 4 is 29.0 Å². The predicted octanol–water partition coefficient (Wildman–Crippen LogP) is 3.28. The van der Waals surface area contributed by atoms with Gasteiger partial charge in [-0.25, -0.2) is 4.68 Å². The van der Waals surface area contributed by atoms with Crippen LogP contribution in [0, 0.1) is 13.8 Å². The molecule has 0 atom stereocenters. The van der Waals surface area contributed by atoms with Gasteiger partial charge in [-0.05, 0) is 31.5 Å². The highest BCUT2D eigenvalue weighted by atomic mass is 35.5. The normalized spacial score (nSPS) is 10.8. The van der Waals surface area contributed by atoms with Crippen LogP contribution < -0.4 is 0 Å². The molecule has 2 aromatic rings. The standard InChI is InChI=1S/C13H12Cl2N2O2/c1-6-4-8(10(15)5-9(6)14)12(18)11-7(2)16-17(3)13(11)19/h4-5,19H,1-3H3. The lowest BCUT2D eigenvalue weighted by Crippen LogP contribution is -2.04. The first-order chi connectivity index (χ1) is 8.82. The van der Waals surface area contributed by atoms with Gasteiger partial charge in [0.15, 0.2) is 0 Å². The summed E-state index contributed by atoms with van der Waals surface area (Å²) in [6.07, 6.45) is 0. The molecule has 0 radical (unpaired) electrons. The van der Waals surface area contributed by atoms with Crippen LogP contribution in [0.5, 0.6) is 5.88 Å². The van der Waals surface area contributed by atoms with Gasteiger partial charge in [0, 0.05) is 17.6 Å². The lowest BCUT2D eigenvalue weighted by atomic mass is 10.0. The van der Waals surface area contributed by atoms with Gasteiger partial charge in [0.2, 0.25) is 11.7 Å². The molecule has 1 aromatic heterocycles. The Morgan fingerprint density at radius 2 is 1.89 bits per heavy atom. The lowest BCUT2D eigenvalue weighted by Gasteiger charge is -2.06. The zero-order valence-electron chi connectivity index (χ0n) is 10.7. The first-order valence-electron chi connectivity index (χ1n) is 5.55. The van der Waals surface area contributed by atoms with Crippen LogP contribution in [-0.4, -0.2) is 20.7 Å². The monoisotopic (exact) mass is 298 g/mol. The summed E-state index contributed by atoms with van der Waals surface area (Å²) in [5.74, 6) is -0.543. The maximum Gasteiger partial charge on any atom is 0.220 e. The van der Waals surface area contributed by atoms with E-state index in [9.17, 15) is 9.90 Å². The van der Waals surface area contributed by atoms with Crippen LogP contribution in [0.4, 0.5) is 0 Å². The molecular formula is C13H12Cl2N2O2. The molecule has 1 heterocycles. The van der Waals surface area contributed by atoms with Gasteiger partial charge >= 0.3 is 0 Å². The van der Waals surface area contributed by atoms with Crippen LogP contribution >= 0.6 is 23.2 Å². The Balaban J connectivity index is 2.59. The van der Waals surface area contributed by atoms with Crippen molar-refractivity contribution in [3.05, 3.63) is 44.6 Å². The van der Waals surface area contributed by atoms with Crippen molar-refractivity contribution in [2.75, 3.05) is 0 Å². The molecular weight excluding hydrogens is 287 g/mol. The first-order valence-corrected chi connectivity index (χ1v) is 6.31. The molecule has 1 N–H and O–H groups in total. The van der Waals surface area contributed by atoms with E-state index in [4.69, 9.17) is 23.2 Å². The number of benzene rings is 1. The van der Waals surface area contributed by atoms with Gasteiger partial charge in [-0.2, -0.15) is 5.10 Å². The fraction of sp³-hybridized carbons (Fsp3) is 0.231. The molecule has 0 aliphatic heterocycles. The van der Waals surface area contributed by atoms with Gasteiger partial charge in [-0.15, -0.1) is 0 Å². The molecule has 0 amide bonds. The van der Waals surface area contributed by atoms with E-state index in [-0.39, 0.29) is 22.2 Å². The Kier molecular flexibility index (Phi) is 3.56. The van der Waals surface area contributed by atoms with Crippen molar-refractivity contribution in [2.45, 2.75) is 13.8 Å². The maximum atomic E-state index is 12.4. The van der Waals surface area contributed by atoms with E-state index in [1.54, 1.807) is 27.0 Å². The number of aromatic hydroxyl groups is 1. The summed E-state index contributed by atoms with van der Waals surface area (Å²) in [6, 6.07) is 3.13. The molecule has 0 saturated carbocycles. The number of aryl methyl sites for hydroxylation is 3. The van der Waals surface area contributed by atoms with Crippen molar-refractivity contribution in [1.29, 1.82) is 0 Å². The van der Waals surface area contributed by atoms with Crippen LogP contribution in [0.25, 0.3) is 0 Å². The lowest BCUT2D eigenvalue weighted by molar-refractivity contribution is 0.103. The summed E-state index contributed by atoms with van der Waals surface area (Å²) < 4.78 is 1.25. The topological polar surface area (TPSA) is 55.1 Å². The quantitative estimate of drug-likeness (QED) is 0.866. The molecule has 0 bridgehead atoms. The Bertz CT molecular complexity index is 678. The number of aromatic nitrogens is 2. The molecule has 0 aliphatic rings. The highest BCUT2D eigenvalue weighted by Gasteiger charge is 2.23. The van der Waals surface area contributed by atoms with Gasteiger partial charge < -0.3 is 5.11 Å². The molecule has 0 aliphatic carbocycles. The Morgan fingerprint density at radius 1 is 1.26 bits per heavy atom. The van der Waals surface area contributed by atoms with Crippen LogP contribution in [0.2, 0.25) is 10.0 Å². The van der Waals surface area contributed by atoms with E-state index >= 15 is 0 Å². The molecule has 100 valence electrons. The van der Waals surface area contributed by atoms with E-state index in [1.165, 1.54) is 10.7 Å². The van der Waals surface area contributed by atoms with Gasteiger partial charge in [0.25, 0.3) is 0 Å². The molecule has 0 fully saturated rings. The minimum Gasteiger partial charge on any atom is -0.493 e. The molecule has 2 rings (SSSR count). The second-order valence-corrected chi connectivity index (χ2v) is 5.13. The molecule has 1 aromatic carbocycles. The number of carbonyl (C=O) groups excluding carboxylic acids is 1. The highest BCUT2D eigenvalue weighted by molar-refractivity contribution is 6.38. The Labute approximate surface area is 120 Å². The van der Waals surface area contributed by atoms with Crippen molar-refractivity contribution in [2.24, 2.45) is 7.05 Å². The highest BCUT2D eigenvalue weighted by Crippen LogP contribution is 2.30. The van der Waals surface area contributed by atoms with Gasteiger partial charge in [-0.3, -0.25) is 4.79 Å². The fourth-order valence-corrected chi connectivity index (χ4v) is 2.35. The second-order valence-electron chi connectivity index (χ2n) is 4.32. The second kappa shape index (κ2) is 4.87. The van der Waals surface area contributed by atoms with E-state index < -0.39 is 0 Å². The van der Waals surface area contributed by atoms with Crippen molar-refractivity contribution in [3.63, 3.8) is 0 Å². The zero-order chi connectivity index (χ0) is 14.3. The molecule has 0 saturated heterocycles. The van der Waals surface area contributed by atoms with E-state index in [1.807, 2.05) is 0 Å². The zero-order valence-corrected chi connectivity index (χ0v) is 12.2. The summed E-state index contributed by atoms with van der Waals surface area (Å²) in [5.41, 5.74) is 1.66. The Morgan fingerprint density at radius 3 is 2.42 bits per heavy atom. The minimum absolute atomic E-state index is 0.158. The third kappa shape index (κ3) is 2.33. The van der Waals surface area contributed by atoms with Gasteiger partial charge in [-0.1, -0.05) is 23.2 Å². The van der Waals surface area contributed by atoms with Gasteiger partial charge in [0.1, 0.15) is 5.56 Å². The average molecular weight is 299 g/mol. The largest absolute Gasteiger partial charge is 0.493 e. The van der Waals surface area contributed by atoms with Gasteiger partial charge in [0.05, 0.1) is 10.7 Å². The minimum atomic E-state index is -0.368. The summed E-state index contributed by atoms with van der Waals surface area (Å²) in [6.45, 7) is 3.44. The summed E-state index contributed by atoms with van der Waals surface area (Å²) in [7, 11) is 1.56. The number of rotatable bonds is 2. The number of nitrogens with zero attached hydrogens (tertiary/aromatic N) is 2. The first kappa shape index (κ1) is 13.9. The predicted molar refractivity (Wildman–Crippen MR) is 74.2 cm³/mol. The summed E-state index contributed by atoms with van der Waals surface area (Å²) in [4.78, 5) is 12.4. The smallest absolute Gasteiger partial charge is 0.220 e. The number of carbonyl (C=O) groups is 1. The average Bonchev–Trinajstić information content (AvgIpc) is 2.57. The van der Waals surface area contributed by atoms with Crippen molar-refractivity contribution in [1.82, 2.24) is 9.78 Å². The van der Waals surface area contributed by atoms with E-state index in [2.05, 4.69) is 5.10 Å². The SMILES string of the molecule is Cc1cc(C(=O)c2c(C)nn(C)c2O)c(Cl)cc1Cl. The molecule has 4 nitrogen and oxygen atoms in total. The number of ketones is 1. The number of hydrogen-bond donors (Lipinski definition) is 1. The van der Waals surface area contributed by atoms with E-state index in [0.29, 0.717) is 16.3 Å². The van der Waals surface area contributed by atoms with Crippen molar-refractivity contribution in [3.8, 4) is 5.88 Å². The molecule has 6 heteroatoms. The van der Waals surface area contributed by atoms with Crippen LogP contribution in [-0.2, 0) is 7.05 Å². The van der Waals surface area contributed by atoms with E-state index in [0.717, 1.165) is 5.56 Å². The Hall–Kier alpha value is -1.52. The summed E-state index contributed by atoms with van der Waals surface area (Å²) in [5, 5.41) is 14.6. The number of hydrogen-bond acceptors (Lipinski definition) is 3. The van der Waals surface area contributed by atoms with Crippen LogP contribution in [0.1, 0.15) is 27.2 Å². The van der Waals surface area contributed by atoms with Crippen LogP contribution in [0.15, 0.2) is 12.1 Å². The third-order valence-corrected chi connectivity index (χ3v) is 3.63. The summed E-state index contributed by atoms with van der Waals surface area (Å²) >= 11 is 12.0. The molecule has 19 heavy (non-hydrogen) atoms. The number of halogens is 2. The molecule has 0 spiro atoms. The van der Waals surface area contributed by atoms with Crippen LogP contribution in [0.3, 0.4) is 0 Å². The fourth-order valence-electron chi connectivity index (χ4n) is 1.88. The van der Waals surface area contributed by atoms with Crippen molar-refractivity contribution < 1.29 is 9.90 Å².